The van der Waals surface area contributed by atoms with E-state index in [-0.39, 0.29) is 0 Å². The van der Waals surface area contributed by atoms with Crippen molar-refractivity contribution in [2.75, 3.05) is 13.2 Å². The van der Waals surface area contributed by atoms with Crippen LogP contribution in [0.1, 0.15) is 5.56 Å². The standard InChI is InChI=1S/C9H10INO/c10-11-5-6-12-9-4-2-1-3-8(9)7-11/h1-4H,5-7H2. The lowest BCUT2D eigenvalue weighted by molar-refractivity contribution is 0.308. The molecule has 0 spiro atoms. The van der Waals surface area contributed by atoms with Crippen molar-refractivity contribution in [1.29, 1.82) is 0 Å². The molecule has 1 heterocycles. The second kappa shape index (κ2) is 3.62. The van der Waals surface area contributed by atoms with Crippen LogP contribution < -0.4 is 4.74 Å². The lowest BCUT2D eigenvalue weighted by Crippen LogP contribution is -2.13. The van der Waals surface area contributed by atoms with Crippen molar-refractivity contribution < 1.29 is 4.74 Å². The fourth-order valence-corrected chi connectivity index (χ4v) is 1.86. The minimum absolute atomic E-state index is 0.792. The fourth-order valence-electron chi connectivity index (χ4n) is 1.29. The topological polar surface area (TPSA) is 12.5 Å². The highest BCUT2D eigenvalue weighted by Gasteiger charge is 2.11. The zero-order valence-corrected chi connectivity index (χ0v) is 8.82. The van der Waals surface area contributed by atoms with E-state index in [0.717, 1.165) is 25.4 Å². The normalized spacial score (nSPS) is 17.8. The Kier molecular flexibility index (Phi) is 2.51. The van der Waals surface area contributed by atoms with Crippen LogP contribution in [0, 0.1) is 0 Å². The summed E-state index contributed by atoms with van der Waals surface area (Å²) in [4.78, 5) is 0. The molecule has 0 aromatic heterocycles. The third-order valence-electron chi connectivity index (χ3n) is 1.91. The Hall–Kier alpha value is -0.290. The molecule has 0 unspecified atom stereocenters. The van der Waals surface area contributed by atoms with Crippen LogP contribution >= 0.6 is 22.9 Å². The van der Waals surface area contributed by atoms with Gasteiger partial charge in [-0.25, -0.2) is 3.11 Å². The molecule has 1 aromatic rings. The van der Waals surface area contributed by atoms with Crippen molar-refractivity contribution in [2.45, 2.75) is 6.54 Å². The molecule has 1 aliphatic heterocycles. The Balaban J connectivity index is 2.31. The first-order valence-electron chi connectivity index (χ1n) is 3.98. The van der Waals surface area contributed by atoms with Gasteiger partial charge >= 0.3 is 0 Å². The van der Waals surface area contributed by atoms with Crippen LogP contribution in [0.4, 0.5) is 0 Å². The molecule has 0 radical (unpaired) electrons. The first-order chi connectivity index (χ1) is 5.86. The second-order valence-electron chi connectivity index (χ2n) is 2.80. The number of hydrogen-bond acceptors (Lipinski definition) is 2. The van der Waals surface area contributed by atoms with Gasteiger partial charge in [0.2, 0.25) is 0 Å². The molecule has 0 saturated carbocycles. The average Bonchev–Trinajstić information content (AvgIpc) is 2.25. The van der Waals surface area contributed by atoms with Gasteiger partial charge in [-0.3, -0.25) is 0 Å². The summed E-state index contributed by atoms with van der Waals surface area (Å²) in [7, 11) is 0. The van der Waals surface area contributed by atoms with E-state index in [2.05, 4.69) is 38.1 Å². The van der Waals surface area contributed by atoms with Crippen molar-refractivity contribution in [2.24, 2.45) is 0 Å². The van der Waals surface area contributed by atoms with E-state index in [4.69, 9.17) is 4.74 Å². The summed E-state index contributed by atoms with van der Waals surface area (Å²) in [5.41, 5.74) is 1.28. The van der Waals surface area contributed by atoms with Crippen molar-refractivity contribution in [3.05, 3.63) is 29.8 Å². The Morgan fingerprint density at radius 1 is 1.33 bits per heavy atom. The molecule has 0 N–H and O–H groups in total. The maximum atomic E-state index is 5.57. The molecule has 0 aliphatic carbocycles. The molecule has 0 bridgehead atoms. The third-order valence-corrected chi connectivity index (χ3v) is 2.73. The van der Waals surface area contributed by atoms with Crippen LogP contribution in [-0.2, 0) is 6.54 Å². The van der Waals surface area contributed by atoms with Crippen molar-refractivity contribution in [3.63, 3.8) is 0 Å². The van der Waals surface area contributed by atoms with Gasteiger partial charge in [-0.15, -0.1) is 0 Å². The van der Waals surface area contributed by atoms with Gasteiger partial charge in [0.05, 0.1) is 0 Å². The molecule has 2 nitrogen and oxygen atoms in total. The Bertz CT molecular complexity index is 277. The highest BCUT2D eigenvalue weighted by Crippen LogP contribution is 2.23. The van der Waals surface area contributed by atoms with Gasteiger partial charge in [0.25, 0.3) is 0 Å². The SMILES string of the molecule is IN1CCOc2ccccc2C1. The number of rotatable bonds is 0. The van der Waals surface area contributed by atoms with Crippen molar-refractivity contribution in [3.8, 4) is 5.75 Å². The minimum atomic E-state index is 0.792. The molecule has 12 heavy (non-hydrogen) atoms. The molecule has 1 aromatic carbocycles. The number of benzene rings is 1. The molecule has 0 amide bonds. The zero-order chi connectivity index (χ0) is 8.39. The second-order valence-corrected chi connectivity index (χ2v) is 4.17. The van der Waals surface area contributed by atoms with E-state index < -0.39 is 0 Å². The summed E-state index contributed by atoms with van der Waals surface area (Å²) in [5, 5.41) is 0. The van der Waals surface area contributed by atoms with Gasteiger partial charge in [-0.05, 0) is 6.07 Å². The van der Waals surface area contributed by atoms with E-state index in [1.54, 1.807) is 0 Å². The average molecular weight is 275 g/mol. The van der Waals surface area contributed by atoms with E-state index in [0.29, 0.717) is 0 Å². The smallest absolute Gasteiger partial charge is 0.123 e. The first kappa shape index (κ1) is 8.31. The van der Waals surface area contributed by atoms with Gasteiger partial charge < -0.3 is 4.74 Å². The molecular weight excluding hydrogens is 265 g/mol. The van der Waals surface area contributed by atoms with Crippen molar-refractivity contribution >= 4 is 22.9 Å². The molecule has 64 valence electrons. The Morgan fingerprint density at radius 2 is 2.17 bits per heavy atom. The molecule has 1 aliphatic rings. The third kappa shape index (κ3) is 1.72. The Labute approximate surface area is 86.0 Å². The monoisotopic (exact) mass is 275 g/mol. The van der Waals surface area contributed by atoms with Gasteiger partial charge in [0, 0.05) is 41.5 Å². The predicted molar refractivity (Wildman–Crippen MR) is 56.4 cm³/mol. The van der Waals surface area contributed by atoms with E-state index in [1.807, 2.05) is 12.1 Å². The predicted octanol–water partition coefficient (Wildman–Crippen LogP) is 2.23. The summed E-state index contributed by atoms with van der Waals surface area (Å²) < 4.78 is 7.81. The van der Waals surface area contributed by atoms with E-state index >= 15 is 0 Å². The number of nitrogens with zero attached hydrogens (tertiary/aromatic N) is 1. The van der Waals surface area contributed by atoms with Gasteiger partial charge in [-0.2, -0.15) is 0 Å². The van der Waals surface area contributed by atoms with Gasteiger partial charge in [0.1, 0.15) is 12.4 Å². The molecule has 0 atom stereocenters. The van der Waals surface area contributed by atoms with Crippen LogP contribution in [0.3, 0.4) is 0 Å². The minimum Gasteiger partial charge on any atom is -0.492 e. The highest BCUT2D eigenvalue weighted by molar-refractivity contribution is 14.1. The highest BCUT2D eigenvalue weighted by atomic mass is 127. The largest absolute Gasteiger partial charge is 0.492 e. The number of hydrogen-bond donors (Lipinski definition) is 0. The van der Waals surface area contributed by atoms with Gasteiger partial charge in [0.15, 0.2) is 0 Å². The Morgan fingerprint density at radius 3 is 3.08 bits per heavy atom. The number of ether oxygens (including phenoxy) is 1. The number of para-hydroxylation sites is 1. The van der Waals surface area contributed by atoms with Crippen LogP contribution in [0.15, 0.2) is 24.3 Å². The zero-order valence-electron chi connectivity index (χ0n) is 6.66. The van der Waals surface area contributed by atoms with Crippen molar-refractivity contribution in [1.82, 2.24) is 3.11 Å². The molecule has 0 saturated heterocycles. The van der Waals surface area contributed by atoms with E-state index in [9.17, 15) is 0 Å². The maximum absolute atomic E-state index is 5.57. The summed E-state index contributed by atoms with van der Waals surface area (Å²) >= 11 is 2.33. The number of halogens is 1. The number of fused-ring (bicyclic) bond motifs is 1. The molecular formula is C9H10INO. The van der Waals surface area contributed by atoms with Crippen LogP contribution in [-0.4, -0.2) is 16.3 Å². The molecule has 3 heteroatoms. The molecule has 0 fully saturated rings. The lowest BCUT2D eigenvalue weighted by atomic mass is 10.2. The van der Waals surface area contributed by atoms with Crippen LogP contribution in [0.2, 0.25) is 0 Å². The van der Waals surface area contributed by atoms with Crippen LogP contribution in [0.25, 0.3) is 0 Å². The summed E-state index contributed by atoms with van der Waals surface area (Å²) in [6, 6.07) is 8.22. The maximum Gasteiger partial charge on any atom is 0.123 e. The summed E-state index contributed by atoms with van der Waals surface area (Å²) in [5.74, 6) is 1.04. The summed E-state index contributed by atoms with van der Waals surface area (Å²) in [6.07, 6.45) is 0. The summed E-state index contributed by atoms with van der Waals surface area (Å²) in [6.45, 7) is 2.77. The fraction of sp³-hybridized carbons (Fsp3) is 0.333. The molecule has 2 rings (SSSR count). The van der Waals surface area contributed by atoms with E-state index in [1.165, 1.54) is 5.56 Å². The quantitative estimate of drug-likeness (QED) is 0.532. The lowest BCUT2D eigenvalue weighted by Gasteiger charge is -2.08. The van der Waals surface area contributed by atoms with Gasteiger partial charge in [-0.1, -0.05) is 18.2 Å². The first-order valence-corrected chi connectivity index (χ1v) is 4.94. The van der Waals surface area contributed by atoms with Crippen LogP contribution in [0.5, 0.6) is 5.75 Å².